The van der Waals surface area contributed by atoms with Crippen molar-refractivity contribution in [1.82, 2.24) is 0 Å². The molecule has 2 atom stereocenters. The lowest BCUT2D eigenvalue weighted by molar-refractivity contribution is 0.0359. The smallest absolute Gasteiger partial charge is 0.297 e. The molecule has 0 spiro atoms. The van der Waals surface area contributed by atoms with Gasteiger partial charge in [-0.1, -0.05) is 37.0 Å². The number of benzene rings is 1. The van der Waals surface area contributed by atoms with Crippen molar-refractivity contribution >= 4 is 10.1 Å². The molecule has 1 aliphatic rings. The molecule has 0 radical (unpaired) electrons. The zero-order chi connectivity index (χ0) is 13.9. The van der Waals surface area contributed by atoms with Crippen molar-refractivity contribution in [2.45, 2.75) is 56.1 Å². The van der Waals surface area contributed by atoms with Crippen LogP contribution in [0.3, 0.4) is 0 Å². The molecule has 1 aromatic rings. The molecule has 1 fully saturated rings. The van der Waals surface area contributed by atoms with Crippen LogP contribution in [-0.4, -0.2) is 25.7 Å². The molecule has 2 rings (SSSR count). The van der Waals surface area contributed by atoms with Gasteiger partial charge < -0.3 is 5.11 Å². The minimum absolute atomic E-state index is 0.148. The number of hydrogen-bond acceptors (Lipinski definition) is 4. The Balaban J connectivity index is 2.13. The van der Waals surface area contributed by atoms with E-state index in [4.69, 9.17) is 4.18 Å². The fraction of sp³-hybridized carbons (Fsp3) is 0.571. The summed E-state index contributed by atoms with van der Waals surface area (Å²) >= 11 is 0. The summed E-state index contributed by atoms with van der Waals surface area (Å²) < 4.78 is 29.5. The predicted molar refractivity (Wildman–Crippen MR) is 72.3 cm³/mol. The molecule has 0 aliphatic heterocycles. The SMILES string of the molecule is Cc1ccc(S(=O)(=O)O[C@H]2CCCCC[C@H]2O)cc1. The van der Waals surface area contributed by atoms with Crippen molar-refractivity contribution in [2.24, 2.45) is 0 Å². The maximum atomic E-state index is 12.1. The lowest BCUT2D eigenvalue weighted by atomic mass is 10.1. The van der Waals surface area contributed by atoms with Crippen molar-refractivity contribution in [3.63, 3.8) is 0 Å². The van der Waals surface area contributed by atoms with Gasteiger partial charge in [0.2, 0.25) is 0 Å². The highest BCUT2D eigenvalue weighted by Gasteiger charge is 2.28. The van der Waals surface area contributed by atoms with Gasteiger partial charge in [0.25, 0.3) is 10.1 Å². The molecular weight excluding hydrogens is 264 g/mol. The van der Waals surface area contributed by atoms with Gasteiger partial charge in [-0.2, -0.15) is 8.42 Å². The summed E-state index contributed by atoms with van der Waals surface area (Å²) in [5.74, 6) is 0. The van der Waals surface area contributed by atoms with Crippen molar-refractivity contribution in [1.29, 1.82) is 0 Å². The maximum absolute atomic E-state index is 12.1. The molecule has 1 aromatic carbocycles. The molecule has 0 aromatic heterocycles. The van der Waals surface area contributed by atoms with E-state index in [1.165, 1.54) is 12.1 Å². The third-order valence-corrected chi connectivity index (χ3v) is 4.83. The van der Waals surface area contributed by atoms with E-state index in [9.17, 15) is 13.5 Å². The molecule has 106 valence electrons. The molecule has 4 nitrogen and oxygen atoms in total. The van der Waals surface area contributed by atoms with Gasteiger partial charge in [-0.3, -0.25) is 4.18 Å². The van der Waals surface area contributed by atoms with Gasteiger partial charge in [-0.25, -0.2) is 0 Å². The van der Waals surface area contributed by atoms with Gasteiger partial charge in [-0.05, 0) is 31.9 Å². The number of aliphatic hydroxyl groups is 1. The Labute approximate surface area is 114 Å². The molecule has 1 N–H and O–H groups in total. The van der Waals surface area contributed by atoms with Crippen LogP contribution in [0, 0.1) is 6.92 Å². The van der Waals surface area contributed by atoms with Gasteiger partial charge >= 0.3 is 0 Å². The highest BCUT2D eigenvalue weighted by molar-refractivity contribution is 7.86. The lowest BCUT2D eigenvalue weighted by Gasteiger charge is -2.20. The quantitative estimate of drug-likeness (QED) is 0.684. The molecule has 0 amide bonds. The zero-order valence-electron chi connectivity index (χ0n) is 11.1. The third kappa shape index (κ3) is 3.78. The van der Waals surface area contributed by atoms with Crippen LogP contribution in [0.25, 0.3) is 0 Å². The van der Waals surface area contributed by atoms with E-state index < -0.39 is 22.3 Å². The highest BCUT2D eigenvalue weighted by Crippen LogP contribution is 2.24. The average molecular weight is 284 g/mol. The lowest BCUT2D eigenvalue weighted by Crippen LogP contribution is -2.30. The van der Waals surface area contributed by atoms with Crippen LogP contribution in [0.15, 0.2) is 29.2 Å². The van der Waals surface area contributed by atoms with E-state index in [0.29, 0.717) is 12.8 Å². The van der Waals surface area contributed by atoms with Crippen LogP contribution in [0.1, 0.15) is 37.7 Å². The van der Waals surface area contributed by atoms with Crippen LogP contribution in [0.5, 0.6) is 0 Å². The number of hydrogen-bond donors (Lipinski definition) is 1. The van der Waals surface area contributed by atoms with E-state index in [1.54, 1.807) is 12.1 Å². The second-order valence-corrected chi connectivity index (χ2v) is 6.68. The normalized spacial score (nSPS) is 24.9. The van der Waals surface area contributed by atoms with Gasteiger partial charge in [0, 0.05) is 0 Å². The summed E-state index contributed by atoms with van der Waals surface area (Å²) in [5.41, 5.74) is 0.994. The molecule has 0 saturated heterocycles. The van der Waals surface area contributed by atoms with Crippen molar-refractivity contribution < 1.29 is 17.7 Å². The monoisotopic (exact) mass is 284 g/mol. The number of aryl methyl sites for hydroxylation is 1. The van der Waals surface area contributed by atoms with Gasteiger partial charge in [0.15, 0.2) is 0 Å². The van der Waals surface area contributed by atoms with Crippen LogP contribution in [-0.2, 0) is 14.3 Å². The van der Waals surface area contributed by atoms with E-state index in [-0.39, 0.29) is 4.90 Å². The van der Waals surface area contributed by atoms with Crippen LogP contribution >= 0.6 is 0 Å². The second-order valence-electron chi connectivity index (χ2n) is 5.11. The number of rotatable bonds is 3. The van der Waals surface area contributed by atoms with E-state index in [2.05, 4.69) is 0 Å². The summed E-state index contributed by atoms with van der Waals surface area (Å²) in [6, 6.07) is 6.54. The van der Waals surface area contributed by atoms with Crippen molar-refractivity contribution in [3.8, 4) is 0 Å². The summed E-state index contributed by atoms with van der Waals surface area (Å²) in [7, 11) is -3.79. The molecule has 0 bridgehead atoms. The first-order chi connectivity index (χ1) is 8.99. The van der Waals surface area contributed by atoms with Gasteiger partial charge in [-0.15, -0.1) is 0 Å². The molecule has 1 aliphatic carbocycles. The highest BCUT2D eigenvalue weighted by atomic mass is 32.2. The third-order valence-electron chi connectivity index (χ3n) is 3.48. The first kappa shape index (κ1) is 14.5. The summed E-state index contributed by atoms with van der Waals surface area (Å²) in [5, 5.41) is 9.91. The largest absolute Gasteiger partial charge is 0.390 e. The Kier molecular flexibility index (Phi) is 4.60. The maximum Gasteiger partial charge on any atom is 0.297 e. The Bertz CT molecular complexity index is 507. The van der Waals surface area contributed by atoms with Crippen LogP contribution in [0.2, 0.25) is 0 Å². The second kappa shape index (κ2) is 6.03. The Morgan fingerprint density at radius 3 is 2.42 bits per heavy atom. The van der Waals surface area contributed by atoms with Crippen molar-refractivity contribution in [2.75, 3.05) is 0 Å². The Morgan fingerprint density at radius 1 is 1.11 bits per heavy atom. The standard InChI is InChI=1S/C14H20O4S/c1-11-7-9-12(10-8-11)19(16,17)18-14-6-4-2-3-5-13(14)15/h7-10,13-15H,2-6H2,1H3/t13-,14+/m1/s1. The van der Waals surface area contributed by atoms with Crippen LogP contribution in [0.4, 0.5) is 0 Å². The van der Waals surface area contributed by atoms with Crippen molar-refractivity contribution in [3.05, 3.63) is 29.8 Å². The topological polar surface area (TPSA) is 63.6 Å². The zero-order valence-corrected chi connectivity index (χ0v) is 11.9. The van der Waals surface area contributed by atoms with E-state index in [0.717, 1.165) is 24.8 Å². The molecule has 0 unspecified atom stereocenters. The fourth-order valence-corrected chi connectivity index (χ4v) is 3.42. The average Bonchev–Trinajstić information content (AvgIpc) is 2.55. The predicted octanol–water partition coefficient (Wildman–Crippen LogP) is 2.39. The van der Waals surface area contributed by atoms with E-state index >= 15 is 0 Å². The Morgan fingerprint density at radius 2 is 1.74 bits per heavy atom. The van der Waals surface area contributed by atoms with Gasteiger partial charge in [0.1, 0.15) is 6.10 Å². The molecule has 19 heavy (non-hydrogen) atoms. The first-order valence-corrected chi connectivity index (χ1v) is 8.08. The Hall–Kier alpha value is -0.910. The van der Waals surface area contributed by atoms with Gasteiger partial charge in [0.05, 0.1) is 11.0 Å². The minimum Gasteiger partial charge on any atom is -0.390 e. The fourth-order valence-electron chi connectivity index (χ4n) is 2.29. The summed E-state index contributed by atoms with van der Waals surface area (Å²) in [6.07, 6.45) is 2.72. The molecular formula is C14H20O4S. The first-order valence-electron chi connectivity index (χ1n) is 6.67. The molecule has 1 saturated carbocycles. The molecule has 5 heteroatoms. The number of aliphatic hydroxyl groups excluding tert-OH is 1. The molecule has 0 heterocycles. The van der Waals surface area contributed by atoms with Crippen LogP contribution < -0.4 is 0 Å². The summed E-state index contributed by atoms with van der Waals surface area (Å²) in [6.45, 7) is 1.90. The summed E-state index contributed by atoms with van der Waals surface area (Å²) in [4.78, 5) is 0.148. The van der Waals surface area contributed by atoms with E-state index in [1.807, 2.05) is 6.92 Å². The minimum atomic E-state index is -3.79.